The van der Waals surface area contributed by atoms with Gasteiger partial charge in [0.1, 0.15) is 11.9 Å². The number of aromatic nitrogens is 5. The number of ether oxygens (including phenoxy) is 1. The van der Waals surface area contributed by atoms with Gasteiger partial charge in [-0.25, -0.2) is 4.98 Å². The number of nitrogens with zero attached hydrogens (tertiary/aromatic N) is 5. The molecular weight excluding hydrogens is 268 g/mol. The second-order valence-corrected chi connectivity index (χ2v) is 5.75. The predicted molar refractivity (Wildman–Crippen MR) is 77.7 cm³/mol. The molecule has 0 aromatic carbocycles. The number of nitrogens with one attached hydrogen (secondary N) is 1. The van der Waals surface area contributed by atoms with Gasteiger partial charge >= 0.3 is 0 Å². The normalized spacial score (nSPS) is 20.3. The van der Waals surface area contributed by atoms with Gasteiger partial charge in [0.25, 0.3) is 0 Å². The van der Waals surface area contributed by atoms with Crippen LogP contribution in [0.1, 0.15) is 43.3 Å². The maximum Gasteiger partial charge on any atom is 0.180 e. The van der Waals surface area contributed by atoms with Crippen molar-refractivity contribution in [1.29, 1.82) is 0 Å². The molecule has 0 radical (unpaired) electrons. The van der Waals surface area contributed by atoms with Crippen LogP contribution in [0.4, 0.5) is 0 Å². The minimum Gasteiger partial charge on any atom is -0.367 e. The molecule has 7 nitrogen and oxygen atoms in total. The van der Waals surface area contributed by atoms with E-state index in [4.69, 9.17) is 4.74 Å². The van der Waals surface area contributed by atoms with Crippen LogP contribution in [-0.4, -0.2) is 49.6 Å². The lowest BCUT2D eigenvalue weighted by molar-refractivity contribution is -0.0374. The third-order valence-electron chi connectivity index (χ3n) is 3.63. The second-order valence-electron chi connectivity index (χ2n) is 5.75. The Balaban J connectivity index is 1.63. The van der Waals surface area contributed by atoms with Gasteiger partial charge in [0.15, 0.2) is 5.82 Å². The summed E-state index contributed by atoms with van der Waals surface area (Å²) in [6.45, 7) is 9.41. The second kappa shape index (κ2) is 5.95. The Morgan fingerprint density at radius 2 is 2.33 bits per heavy atom. The minimum atomic E-state index is -0.0594. The molecule has 2 aromatic heterocycles. The molecule has 3 rings (SSSR count). The average Bonchev–Trinajstić information content (AvgIpc) is 3.08. The van der Waals surface area contributed by atoms with Gasteiger partial charge in [0.2, 0.25) is 0 Å². The molecule has 7 heteroatoms. The van der Waals surface area contributed by atoms with Crippen LogP contribution < -0.4 is 0 Å². The van der Waals surface area contributed by atoms with Crippen molar-refractivity contribution in [3.05, 3.63) is 29.6 Å². The lowest BCUT2D eigenvalue weighted by atomic mass is 10.2. The molecule has 0 unspecified atom stereocenters. The molecule has 21 heavy (non-hydrogen) atoms. The highest BCUT2D eigenvalue weighted by atomic mass is 16.5. The van der Waals surface area contributed by atoms with Crippen LogP contribution in [0.25, 0.3) is 0 Å². The smallest absolute Gasteiger partial charge is 0.180 e. The summed E-state index contributed by atoms with van der Waals surface area (Å²) in [7, 11) is 0. The molecule has 1 atom stereocenters. The first-order chi connectivity index (χ1) is 10.1. The maximum atomic E-state index is 5.78. The van der Waals surface area contributed by atoms with Crippen LogP contribution in [0.2, 0.25) is 0 Å². The van der Waals surface area contributed by atoms with E-state index >= 15 is 0 Å². The molecule has 1 aliphatic heterocycles. The van der Waals surface area contributed by atoms with Gasteiger partial charge in [0, 0.05) is 31.9 Å². The Labute approximate surface area is 124 Å². The van der Waals surface area contributed by atoms with Gasteiger partial charge in [-0.3, -0.25) is 14.7 Å². The zero-order valence-corrected chi connectivity index (χ0v) is 12.8. The third-order valence-corrected chi connectivity index (χ3v) is 3.63. The summed E-state index contributed by atoms with van der Waals surface area (Å²) >= 11 is 0. The number of aromatic amines is 1. The molecule has 0 amide bonds. The summed E-state index contributed by atoms with van der Waals surface area (Å²) in [4.78, 5) is 6.71. The molecule has 1 N–H and O–H groups in total. The Kier molecular flexibility index (Phi) is 4.03. The lowest BCUT2D eigenvalue weighted by Gasteiger charge is -2.30. The number of hydrogen-bond donors (Lipinski definition) is 1. The van der Waals surface area contributed by atoms with Crippen LogP contribution in [0.15, 0.2) is 12.3 Å². The van der Waals surface area contributed by atoms with Gasteiger partial charge in [-0.05, 0) is 26.8 Å². The Hall–Kier alpha value is -1.73. The fraction of sp³-hybridized carbons (Fsp3) is 0.643. The highest BCUT2D eigenvalue weighted by Crippen LogP contribution is 2.20. The van der Waals surface area contributed by atoms with Gasteiger partial charge in [-0.2, -0.15) is 10.2 Å². The molecule has 1 fully saturated rings. The monoisotopic (exact) mass is 290 g/mol. The van der Waals surface area contributed by atoms with E-state index in [0.29, 0.717) is 12.6 Å². The van der Waals surface area contributed by atoms with Crippen LogP contribution in [0.5, 0.6) is 0 Å². The predicted octanol–water partition coefficient (Wildman–Crippen LogP) is 1.46. The molecular formula is C14H22N6O. The highest BCUT2D eigenvalue weighted by Gasteiger charge is 2.25. The van der Waals surface area contributed by atoms with E-state index in [-0.39, 0.29) is 6.10 Å². The van der Waals surface area contributed by atoms with Gasteiger partial charge in [0.05, 0.1) is 12.3 Å². The maximum absolute atomic E-state index is 5.78. The fourth-order valence-electron chi connectivity index (χ4n) is 2.48. The topological polar surface area (TPSA) is 71.9 Å². The SMILES string of the molecule is Cc1nc([C@@H]2CN(Cc3ccn(C(C)C)n3)CCO2)n[nH]1. The van der Waals surface area contributed by atoms with Crippen molar-refractivity contribution in [3.8, 4) is 0 Å². The fourth-order valence-corrected chi connectivity index (χ4v) is 2.48. The van der Waals surface area contributed by atoms with Crippen molar-refractivity contribution >= 4 is 0 Å². The molecule has 0 bridgehead atoms. The highest BCUT2D eigenvalue weighted by molar-refractivity contribution is 5.01. The van der Waals surface area contributed by atoms with E-state index in [1.165, 1.54) is 0 Å². The average molecular weight is 290 g/mol. The van der Waals surface area contributed by atoms with E-state index in [9.17, 15) is 0 Å². The quantitative estimate of drug-likeness (QED) is 0.923. The number of aryl methyl sites for hydroxylation is 1. The van der Waals surface area contributed by atoms with Gasteiger partial charge in [-0.1, -0.05) is 0 Å². The van der Waals surface area contributed by atoms with Crippen LogP contribution in [-0.2, 0) is 11.3 Å². The van der Waals surface area contributed by atoms with E-state index in [2.05, 4.69) is 45.1 Å². The summed E-state index contributed by atoms with van der Waals surface area (Å²) < 4.78 is 7.77. The van der Waals surface area contributed by atoms with Crippen molar-refractivity contribution in [2.75, 3.05) is 19.7 Å². The summed E-state index contributed by atoms with van der Waals surface area (Å²) in [5, 5.41) is 11.7. The van der Waals surface area contributed by atoms with Crippen LogP contribution >= 0.6 is 0 Å². The zero-order chi connectivity index (χ0) is 14.8. The first kappa shape index (κ1) is 14.2. The van der Waals surface area contributed by atoms with E-state index < -0.39 is 0 Å². The van der Waals surface area contributed by atoms with Crippen LogP contribution in [0, 0.1) is 6.92 Å². The van der Waals surface area contributed by atoms with Gasteiger partial charge in [-0.15, -0.1) is 0 Å². The van der Waals surface area contributed by atoms with Crippen LogP contribution in [0.3, 0.4) is 0 Å². The third kappa shape index (κ3) is 3.30. The van der Waals surface area contributed by atoms with E-state index in [1.807, 2.05) is 17.8 Å². The van der Waals surface area contributed by atoms with Crippen molar-refractivity contribution in [3.63, 3.8) is 0 Å². The van der Waals surface area contributed by atoms with Gasteiger partial charge < -0.3 is 4.74 Å². The van der Waals surface area contributed by atoms with Crippen molar-refractivity contribution in [2.24, 2.45) is 0 Å². The molecule has 1 aliphatic rings. The molecule has 3 heterocycles. The first-order valence-corrected chi connectivity index (χ1v) is 7.38. The molecule has 114 valence electrons. The molecule has 0 aliphatic carbocycles. The largest absolute Gasteiger partial charge is 0.367 e. The summed E-state index contributed by atoms with van der Waals surface area (Å²) in [5.74, 6) is 1.56. The summed E-state index contributed by atoms with van der Waals surface area (Å²) in [5.41, 5.74) is 1.09. The molecule has 2 aromatic rings. The standard InChI is InChI=1S/C14H22N6O/c1-10(2)20-5-4-12(18-20)8-19-6-7-21-13(9-19)14-15-11(3)16-17-14/h4-5,10,13H,6-9H2,1-3H3,(H,15,16,17)/t13-/m0/s1. The Morgan fingerprint density at radius 1 is 1.48 bits per heavy atom. The van der Waals surface area contributed by atoms with Crippen molar-refractivity contribution in [2.45, 2.75) is 39.5 Å². The lowest BCUT2D eigenvalue weighted by Crippen LogP contribution is -2.38. The summed E-state index contributed by atoms with van der Waals surface area (Å²) in [6.07, 6.45) is 1.98. The number of H-pyrrole nitrogens is 1. The van der Waals surface area contributed by atoms with E-state index in [0.717, 1.165) is 37.0 Å². The first-order valence-electron chi connectivity index (χ1n) is 7.38. The Morgan fingerprint density at radius 3 is 3.00 bits per heavy atom. The van der Waals surface area contributed by atoms with Crippen molar-refractivity contribution < 1.29 is 4.74 Å². The number of rotatable bonds is 4. The zero-order valence-electron chi connectivity index (χ0n) is 12.8. The number of hydrogen-bond acceptors (Lipinski definition) is 5. The Bertz CT molecular complexity index is 590. The molecule has 0 spiro atoms. The van der Waals surface area contributed by atoms with E-state index in [1.54, 1.807) is 0 Å². The summed E-state index contributed by atoms with van der Waals surface area (Å²) in [6, 6.07) is 2.48. The molecule has 0 saturated carbocycles. The molecule has 1 saturated heterocycles. The minimum absolute atomic E-state index is 0.0594. The number of morpholine rings is 1. The van der Waals surface area contributed by atoms with Crippen molar-refractivity contribution in [1.82, 2.24) is 29.9 Å².